The van der Waals surface area contributed by atoms with Gasteiger partial charge in [-0.25, -0.2) is 0 Å². The Morgan fingerprint density at radius 2 is 2.05 bits per heavy atom. The van der Waals surface area contributed by atoms with Crippen molar-refractivity contribution in [2.24, 2.45) is 0 Å². The Balaban J connectivity index is 2.53. The van der Waals surface area contributed by atoms with Crippen molar-refractivity contribution in [3.05, 3.63) is 29.8 Å². The van der Waals surface area contributed by atoms with E-state index in [0.717, 1.165) is 18.5 Å². The second kappa shape index (κ2) is 7.14. The summed E-state index contributed by atoms with van der Waals surface area (Å²) < 4.78 is 0. The molecule has 19 heavy (non-hydrogen) atoms. The summed E-state index contributed by atoms with van der Waals surface area (Å²) in [6, 6.07) is 7.68. The van der Waals surface area contributed by atoms with E-state index in [2.05, 4.69) is 10.2 Å². The maximum absolute atomic E-state index is 12.1. The van der Waals surface area contributed by atoms with Crippen LogP contribution in [0.15, 0.2) is 24.3 Å². The number of hydrogen-bond acceptors (Lipinski definition) is 3. The molecule has 2 atom stereocenters. The summed E-state index contributed by atoms with van der Waals surface area (Å²) in [6.07, 6.45) is 0.947. The molecule has 2 unspecified atom stereocenters. The van der Waals surface area contributed by atoms with Crippen LogP contribution in [0.5, 0.6) is 0 Å². The minimum atomic E-state index is -0.176. The number of amides is 1. The van der Waals surface area contributed by atoms with Crippen molar-refractivity contribution in [3.63, 3.8) is 0 Å². The van der Waals surface area contributed by atoms with Crippen molar-refractivity contribution < 1.29 is 4.79 Å². The van der Waals surface area contributed by atoms with Gasteiger partial charge in [-0.3, -0.25) is 4.79 Å². The van der Waals surface area contributed by atoms with E-state index >= 15 is 0 Å². The van der Waals surface area contributed by atoms with Crippen LogP contribution >= 0.6 is 0 Å². The van der Waals surface area contributed by atoms with E-state index in [-0.39, 0.29) is 17.9 Å². The Morgan fingerprint density at radius 1 is 1.37 bits per heavy atom. The number of anilines is 1. The number of nitrogens with one attached hydrogen (secondary N) is 1. The monoisotopic (exact) mass is 263 g/mol. The van der Waals surface area contributed by atoms with E-state index in [1.165, 1.54) is 0 Å². The molecule has 0 bridgehead atoms. The second-order valence-electron chi connectivity index (χ2n) is 5.39. The molecule has 0 spiro atoms. The third-order valence-electron chi connectivity index (χ3n) is 3.20. The average Bonchev–Trinajstić information content (AvgIpc) is 2.35. The fraction of sp³-hybridized carbons (Fsp3) is 0.533. The Kier molecular flexibility index (Phi) is 5.83. The fourth-order valence-corrected chi connectivity index (χ4v) is 1.87. The number of carbonyl (C=O) groups excluding carboxylic acids is 1. The maximum Gasteiger partial charge on any atom is 0.227 e. The molecule has 0 aliphatic heterocycles. The first-order valence-electron chi connectivity index (χ1n) is 6.70. The Hall–Kier alpha value is -1.55. The van der Waals surface area contributed by atoms with Gasteiger partial charge in [-0.2, -0.15) is 0 Å². The van der Waals surface area contributed by atoms with Crippen LogP contribution in [0.2, 0.25) is 0 Å². The zero-order valence-corrected chi connectivity index (χ0v) is 12.3. The van der Waals surface area contributed by atoms with Crippen LogP contribution in [0.25, 0.3) is 0 Å². The number of rotatable bonds is 6. The first kappa shape index (κ1) is 15.5. The third kappa shape index (κ3) is 5.30. The molecule has 0 aliphatic carbocycles. The number of benzene rings is 1. The summed E-state index contributed by atoms with van der Waals surface area (Å²) in [5.41, 5.74) is 7.39. The lowest BCUT2D eigenvalue weighted by Gasteiger charge is -2.19. The van der Waals surface area contributed by atoms with E-state index in [1.807, 2.05) is 52.2 Å². The highest BCUT2D eigenvalue weighted by Crippen LogP contribution is 2.18. The Bertz CT molecular complexity index is 418. The van der Waals surface area contributed by atoms with Crippen LogP contribution in [0.1, 0.15) is 31.7 Å². The summed E-state index contributed by atoms with van der Waals surface area (Å²) in [7, 11) is 4.06. The molecule has 0 saturated carbocycles. The molecule has 4 nitrogen and oxygen atoms in total. The number of nitrogens with zero attached hydrogens (tertiary/aromatic N) is 1. The van der Waals surface area contributed by atoms with Gasteiger partial charge in [0, 0.05) is 11.7 Å². The van der Waals surface area contributed by atoms with Gasteiger partial charge < -0.3 is 16.0 Å². The van der Waals surface area contributed by atoms with Crippen LogP contribution in [-0.4, -0.2) is 37.5 Å². The van der Waals surface area contributed by atoms with Crippen molar-refractivity contribution in [3.8, 4) is 0 Å². The fourth-order valence-electron chi connectivity index (χ4n) is 1.87. The van der Waals surface area contributed by atoms with Crippen molar-refractivity contribution in [1.29, 1.82) is 0 Å². The molecule has 0 heterocycles. The van der Waals surface area contributed by atoms with Gasteiger partial charge in [0.05, 0.1) is 5.92 Å². The summed E-state index contributed by atoms with van der Waals surface area (Å²) in [6.45, 7) is 4.91. The topological polar surface area (TPSA) is 58.4 Å². The summed E-state index contributed by atoms with van der Waals surface area (Å²) in [4.78, 5) is 14.3. The minimum absolute atomic E-state index is 0.0526. The first-order chi connectivity index (χ1) is 8.90. The molecule has 1 amide bonds. The molecule has 0 saturated heterocycles. The molecule has 1 aromatic rings. The van der Waals surface area contributed by atoms with Gasteiger partial charge in [0.1, 0.15) is 0 Å². The van der Waals surface area contributed by atoms with Crippen molar-refractivity contribution in [1.82, 2.24) is 10.2 Å². The lowest BCUT2D eigenvalue weighted by atomic mass is 9.99. The number of carbonyl (C=O) groups is 1. The zero-order valence-electron chi connectivity index (χ0n) is 12.3. The number of nitrogens with two attached hydrogens (primary N) is 1. The van der Waals surface area contributed by atoms with Gasteiger partial charge in [0.25, 0.3) is 0 Å². The highest BCUT2D eigenvalue weighted by atomic mass is 16.1. The van der Waals surface area contributed by atoms with Crippen LogP contribution < -0.4 is 11.1 Å². The highest BCUT2D eigenvalue weighted by Gasteiger charge is 2.17. The van der Waals surface area contributed by atoms with Gasteiger partial charge >= 0.3 is 0 Å². The molecule has 106 valence electrons. The molecule has 1 aromatic carbocycles. The molecule has 4 heteroatoms. The molecule has 0 radical (unpaired) electrons. The van der Waals surface area contributed by atoms with Gasteiger partial charge in [-0.15, -0.1) is 0 Å². The molecule has 1 rings (SSSR count). The quantitative estimate of drug-likeness (QED) is 0.770. The van der Waals surface area contributed by atoms with Gasteiger partial charge in [0.2, 0.25) is 5.91 Å². The average molecular weight is 263 g/mol. The second-order valence-corrected chi connectivity index (χ2v) is 5.39. The number of hydrogen-bond donors (Lipinski definition) is 2. The van der Waals surface area contributed by atoms with Gasteiger partial charge in [0.15, 0.2) is 0 Å². The van der Waals surface area contributed by atoms with Crippen LogP contribution in [-0.2, 0) is 4.79 Å². The van der Waals surface area contributed by atoms with E-state index in [4.69, 9.17) is 5.73 Å². The lowest BCUT2D eigenvalue weighted by molar-refractivity contribution is -0.122. The first-order valence-corrected chi connectivity index (χ1v) is 6.70. The Morgan fingerprint density at radius 3 is 2.63 bits per heavy atom. The molecule has 0 aliphatic rings. The van der Waals surface area contributed by atoms with E-state index in [9.17, 15) is 4.79 Å². The van der Waals surface area contributed by atoms with E-state index < -0.39 is 0 Å². The largest absolute Gasteiger partial charge is 0.399 e. The van der Waals surface area contributed by atoms with Crippen molar-refractivity contribution in [2.75, 3.05) is 26.4 Å². The standard InChI is InChI=1S/C15H25N3O/c1-11(8-9-18(3)4)17-15(19)12(2)13-6-5-7-14(16)10-13/h5-7,10-12H,8-9,16H2,1-4H3,(H,17,19). The molecule has 0 fully saturated rings. The predicted molar refractivity (Wildman–Crippen MR) is 80.0 cm³/mol. The maximum atomic E-state index is 12.1. The summed E-state index contributed by atoms with van der Waals surface area (Å²) in [5.74, 6) is -0.123. The number of nitrogen functional groups attached to an aromatic ring is 1. The van der Waals surface area contributed by atoms with Gasteiger partial charge in [-0.1, -0.05) is 12.1 Å². The summed E-state index contributed by atoms with van der Waals surface area (Å²) >= 11 is 0. The molecule has 3 N–H and O–H groups in total. The third-order valence-corrected chi connectivity index (χ3v) is 3.20. The highest BCUT2D eigenvalue weighted by molar-refractivity contribution is 5.83. The van der Waals surface area contributed by atoms with Gasteiger partial charge in [-0.05, 0) is 58.6 Å². The van der Waals surface area contributed by atoms with Crippen molar-refractivity contribution in [2.45, 2.75) is 32.2 Å². The Labute approximate surface area is 116 Å². The molecule has 0 aromatic heterocycles. The lowest BCUT2D eigenvalue weighted by Crippen LogP contribution is -2.37. The van der Waals surface area contributed by atoms with E-state index in [0.29, 0.717) is 5.69 Å². The SMILES string of the molecule is CC(CCN(C)C)NC(=O)C(C)c1cccc(N)c1. The van der Waals surface area contributed by atoms with Crippen LogP contribution in [0, 0.1) is 0 Å². The van der Waals surface area contributed by atoms with Crippen LogP contribution in [0.4, 0.5) is 5.69 Å². The van der Waals surface area contributed by atoms with E-state index in [1.54, 1.807) is 0 Å². The zero-order chi connectivity index (χ0) is 14.4. The molecular weight excluding hydrogens is 238 g/mol. The van der Waals surface area contributed by atoms with Crippen molar-refractivity contribution >= 4 is 11.6 Å². The molecular formula is C15H25N3O. The normalized spacial score (nSPS) is 14.2. The smallest absolute Gasteiger partial charge is 0.227 e. The minimum Gasteiger partial charge on any atom is -0.399 e. The summed E-state index contributed by atoms with van der Waals surface area (Å²) in [5, 5.41) is 3.05. The predicted octanol–water partition coefficient (Wildman–Crippen LogP) is 1.83. The van der Waals surface area contributed by atoms with Crippen LogP contribution in [0.3, 0.4) is 0 Å².